The molecule has 0 aromatic carbocycles. The van der Waals surface area contributed by atoms with E-state index in [1.165, 1.54) is 4.68 Å². The van der Waals surface area contributed by atoms with Crippen molar-refractivity contribution in [3.8, 4) is 0 Å². The Bertz CT molecular complexity index is 514. The summed E-state index contributed by atoms with van der Waals surface area (Å²) in [4.78, 5) is 22.4. The van der Waals surface area contributed by atoms with Crippen molar-refractivity contribution in [2.75, 3.05) is 0 Å². The minimum absolute atomic E-state index is 0.0598. The third-order valence-electron chi connectivity index (χ3n) is 2.58. The molecular formula is C12H19N3O4. The Kier molecular flexibility index (Phi) is 3.97. The molecular weight excluding hydrogens is 250 g/mol. The maximum atomic E-state index is 11.9. The lowest BCUT2D eigenvalue weighted by Crippen LogP contribution is -2.29. The Labute approximate surface area is 111 Å². The SMILES string of the molecule is Cc1nn(C(C)C(=O)OC(C)(C)C)c(C)c1[N+](=O)[O-]. The van der Waals surface area contributed by atoms with Crippen LogP contribution in [0, 0.1) is 24.0 Å². The van der Waals surface area contributed by atoms with Crippen LogP contribution in [0.15, 0.2) is 0 Å². The normalized spacial score (nSPS) is 13.2. The van der Waals surface area contributed by atoms with Crippen LogP contribution < -0.4 is 0 Å². The van der Waals surface area contributed by atoms with Crippen molar-refractivity contribution < 1.29 is 14.5 Å². The molecule has 19 heavy (non-hydrogen) atoms. The summed E-state index contributed by atoms with van der Waals surface area (Å²) in [6, 6.07) is -0.702. The van der Waals surface area contributed by atoms with Crippen LogP contribution in [0.1, 0.15) is 45.1 Å². The zero-order chi connectivity index (χ0) is 15.0. The molecule has 1 aromatic heterocycles. The quantitative estimate of drug-likeness (QED) is 0.477. The summed E-state index contributed by atoms with van der Waals surface area (Å²) in [7, 11) is 0. The van der Waals surface area contributed by atoms with Gasteiger partial charge in [-0.25, -0.2) is 9.48 Å². The van der Waals surface area contributed by atoms with Crippen molar-refractivity contribution in [1.29, 1.82) is 0 Å². The second kappa shape index (κ2) is 4.99. The Morgan fingerprint density at radius 3 is 2.32 bits per heavy atom. The van der Waals surface area contributed by atoms with Crippen molar-refractivity contribution in [3.63, 3.8) is 0 Å². The number of rotatable bonds is 3. The molecule has 1 aromatic rings. The topological polar surface area (TPSA) is 87.3 Å². The molecule has 0 aliphatic carbocycles. The molecule has 1 rings (SSSR count). The van der Waals surface area contributed by atoms with Crippen molar-refractivity contribution in [3.05, 3.63) is 21.5 Å². The van der Waals surface area contributed by atoms with Crippen LogP contribution in [0.25, 0.3) is 0 Å². The highest BCUT2D eigenvalue weighted by molar-refractivity contribution is 5.74. The number of esters is 1. The van der Waals surface area contributed by atoms with Gasteiger partial charge < -0.3 is 4.74 Å². The molecule has 1 atom stereocenters. The minimum Gasteiger partial charge on any atom is -0.458 e. The molecule has 0 radical (unpaired) electrons. The lowest BCUT2D eigenvalue weighted by Gasteiger charge is -2.22. The smallest absolute Gasteiger partial charge is 0.331 e. The van der Waals surface area contributed by atoms with Gasteiger partial charge in [0.25, 0.3) is 0 Å². The second-order valence-electron chi connectivity index (χ2n) is 5.43. The summed E-state index contributed by atoms with van der Waals surface area (Å²) in [5, 5.41) is 15.0. The largest absolute Gasteiger partial charge is 0.458 e. The van der Waals surface area contributed by atoms with Gasteiger partial charge in [0.15, 0.2) is 0 Å². The fourth-order valence-corrected chi connectivity index (χ4v) is 1.78. The summed E-state index contributed by atoms with van der Waals surface area (Å²) in [5.41, 5.74) is -0.0258. The van der Waals surface area contributed by atoms with E-state index in [-0.39, 0.29) is 11.4 Å². The highest BCUT2D eigenvalue weighted by Crippen LogP contribution is 2.25. The Morgan fingerprint density at radius 2 is 1.95 bits per heavy atom. The van der Waals surface area contributed by atoms with Crippen LogP contribution in [-0.2, 0) is 9.53 Å². The van der Waals surface area contributed by atoms with E-state index >= 15 is 0 Å². The van der Waals surface area contributed by atoms with E-state index in [4.69, 9.17) is 4.74 Å². The number of nitro groups is 1. The average Bonchev–Trinajstić information content (AvgIpc) is 2.50. The molecule has 7 nitrogen and oxygen atoms in total. The predicted octanol–water partition coefficient (Wildman–Crippen LogP) is 2.31. The van der Waals surface area contributed by atoms with Crippen LogP contribution in [0.5, 0.6) is 0 Å². The monoisotopic (exact) mass is 269 g/mol. The number of aromatic nitrogens is 2. The summed E-state index contributed by atoms with van der Waals surface area (Å²) in [5.74, 6) is -0.465. The van der Waals surface area contributed by atoms with E-state index in [1.807, 2.05) is 0 Å². The van der Waals surface area contributed by atoms with E-state index in [1.54, 1.807) is 41.5 Å². The van der Waals surface area contributed by atoms with E-state index < -0.39 is 22.5 Å². The Hall–Kier alpha value is -1.92. The van der Waals surface area contributed by atoms with Crippen LogP contribution in [0.2, 0.25) is 0 Å². The van der Waals surface area contributed by atoms with Crippen LogP contribution in [0.3, 0.4) is 0 Å². The first kappa shape index (κ1) is 15.1. The van der Waals surface area contributed by atoms with Crippen molar-refractivity contribution in [1.82, 2.24) is 9.78 Å². The zero-order valence-corrected chi connectivity index (χ0v) is 12.1. The highest BCUT2D eigenvalue weighted by Gasteiger charge is 2.29. The number of aryl methyl sites for hydroxylation is 1. The first-order chi connectivity index (χ1) is 8.54. The van der Waals surface area contributed by atoms with Crippen LogP contribution in [0.4, 0.5) is 5.69 Å². The van der Waals surface area contributed by atoms with Gasteiger partial charge in [0.2, 0.25) is 0 Å². The summed E-state index contributed by atoms with van der Waals surface area (Å²) in [6.45, 7) is 10.0. The van der Waals surface area contributed by atoms with Gasteiger partial charge in [-0.15, -0.1) is 0 Å². The molecule has 1 unspecified atom stereocenters. The fourth-order valence-electron chi connectivity index (χ4n) is 1.78. The molecule has 0 amide bonds. The van der Waals surface area contributed by atoms with E-state index in [0.29, 0.717) is 5.69 Å². The highest BCUT2D eigenvalue weighted by atomic mass is 16.6. The molecule has 0 aliphatic heterocycles. The summed E-state index contributed by atoms with van der Waals surface area (Å²) < 4.78 is 6.58. The number of carbonyl (C=O) groups excluding carboxylic acids is 1. The van der Waals surface area contributed by atoms with Crippen LogP contribution in [-0.4, -0.2) is 26.3 Å². The van der Waals surface area contributed by atoms with Gasteiger partial charge in [0.05, 0.1) is 4.92 Å². The van der Waals surface area contributed by atoms with Gasteiger partial charge in [0.1, 0.15) is 23.0 Å². The molecule has 0 bridgehead atoms. The van der Waals surface area contributed by atoms with Crippen molar-refractivity contribution >= 4 is 11.7 Å². The maximum Gasteiger partial charge on any atom is 0.331 e. The van der Waals surface area contributed by atoms with Crippen molar-refractivity contribution in [2.45, 2.75) is 53.2 Å². The summed E-state index contributed by atoms with van der Waals surface area (Å²) in [6.07, 6.45) is 0. The molecule has 1 heterocycles. The predicted molar refractivity (Wildman–Crippen MR) is 68.9 cm³/mol. The van der Waals surface area contributed by atoms with E-state index in [2.05, 4.69) is 5.10 Å². The van der Waals surface area contributed by atoms with Gasteiger partial charge in [-0.05, 0) is 41.5 Å². The Morgan fingerprint density at radius 1 is 1.42 bits per heavy atom. The third kappa shape index (κ3) is 3.30. The van der Waals surface area contributed by atoms with Gasteiger partial charge in [-0.1, -0.05) is 0 Å². The number of hydrogen-bond acceptors (Lipinski definition) is 5. The number of carbonyl (C=O) groups is 1. The number of ether oxygens (including phenoxy) is 1. The minimum atomic E-state index is -0.702. The van der Waals surface area contributed by atoms with Gasteiger partial charge >= 0.3 is 11.7 Å². The first-order valence-corrected chi connectivity index (χ1v) is 5.97. The molecule has 0 N–H and O–H groups in total. The maximum absolute atomic E-state index is 11.9. The van der Waals surface area contributed by atoms with E-state index in [0.717, 1.165) is 0 Å². The van der Waals surface area contributed by atoms with Crippen LogP contribution >= 0.6 is 0 Å². The first-order valence-electron chi connectivity index (χ1n) is 5.97. The standard InChI is InChI=1S/C12H19N3O4/c1-7-10(15(17)18)8(2)14(13-7)9(3)11(16)19-12(4,5)6/h9H,1-6H3. The van der Waals surface area contributed by atoms with Gasteiger partial charge in [0, 0.05) is 0 Å². The fraction of sp³-hybridized carbons (Fsp3) is 0.667. The van der Waals surface area contributed by atoms with Gasteiger partial charge in [-0.2, -0.15) is 5.10 Å². The summed E-state index contributed by atoms with van der Waals surface area (Å²) >= 11 is 0. The molecule has 0 aliphatic rings. The molecule has 0 saturated heterocycles. The number of nitrogens with zero attached hydrogens (tertiary/aromatic N) is 3. The average molecular weight is 269 g/mol. The Balaban J connectivity index is 3.08. The molecule has 0 saturated carbocycles. The second-order valence-corrected chi connectivity index (χ2v) is 5.43. The lowest BCUT2D eigenvalue weighted by molar-refractivity contribution is -0.386. The van der Waals surface area contributed by atoms with E-state index in [9.17, 15) is 14.9 Å². The van der Waals surface area contributed by atoms with Crippen molar-refractivity contribution in [2.24, 2.45) is 0 Å². The molecule has 0 spiro atoms. The lowest BCUT2D eigenvalue weighted by atomic mass is 10.2. The molecule has 106 valence electrons. The molecule has 0 fully saturated rings. The third-order valence-corrected chi connectivity index (χ3v) is 2.58. The number of hydrogen-bond donors (Lipinski definition) is 0. The van der Waals surface area contributed by atoms with Gasteiger partial charge in [-0.3, -0.25) is 10.1 Å². The zero-order valence-electron chi connectivity index (χ0n) is 12.1. The molecule has 7 heteroatoms.